The highest BCUT2D eigenvalue weighted by Gasteiger charge is 2.41. The van der Waals surface area contributed by atoms with Crippen LogP contribution in [0.1, 0.15) is 45.1 Å². The van der Waals surface area contributed by atoms with E-state index in [2.05, 4.69) is 49.5 Å². The smallest absolute Gasteiger partial charge is 0.000793 e. The van der Waals surface area contributed by atoms with Crippen LogP contribution in [0.3, 0.4) is 0 Å². The Labute approximate surface area is 112 Å². The molecule has 2 rings (SSSR count). The molecule has 0 aliphatic heterocycles. The Balaban J connectivity index is 1.64. The van der Waals surface area contributed by atoms with E-state index in [0.717, 1.165) is 5.92 Å². The molecule has 100 valence electrons. The summed E-state index contributed by atoms with van der Waals surface area (Å²) in [6, 6.07) is 10.9. The van der Waals surface area contributed by atoms with E-state index < -0.39 is 0 Å². The van der Waals surface area contributed by atoms with Crippen LogP contribution in [0.25, 0.3) is 0 Å². The van der Waals surface area contributed by atoms with Gasteiger partial charge in [-0.05, 0) is 55.5 Å². The van der Waals surface area contributed by atoms with Crippen molar-refractivity contribution in [2.45, 2.75) is 46.0 Å². The van der Waals surface area contributed by atoms with E-state index in [-0.39, 0.29) is 0 Å². The predicted molar refractivity (Wildman–Crippen MR) is 78.8 cm³/mol. The van der Waals surface area contributed by atoms with Crippen LogP contribution in [0.5, 0.6) is 0 Å². The van der Waals surface area contributed by atoms with Crippen molar-refractivity contribution in [3.05, 3.63) is 35.9 Å². The molecule has 0 atom stereocenters. The summed E-state index contributed by atoms with van der Waals surface area (Å²) < 4.78 is 0. The summed E-state index contributed by atoms with van der Waals surface area (Å²) in [5.74, 6) is 0.769. The van der Waals surface area contributed by atoms with Crippen molar-refractivity contribution in [3.63, 3.8) is 0 Å². The fraction of sp³-hybridized carbons (Fsp3) is 0.647. The first kappa shape index (κ1) is 13.6. The van der Waals surface area contributed by atoms with Crippen molar-refractivity contribution in [2.75, 3.05) is 13.1 Å². The van der Waals surface area contributed by atoms with Gasteiger partial charge in [0.2, 0.25) is 0 Å². The van der Waals surface area contributed by atoms with Crippen LogP contribution in [-0.2, 0) is 6.42 Å². The Morgan fingerprint density at radius 3 is 2.50 bits per heavy atom. The number of benzene rings is 1. The molecule has 0 saturated heterocycles. The Hall–Kier alpha value is -0.820. The molecule has 0 heterocycles. The molecule has 1 aromatic carbocycles. The van der Waals surface area contributed by atoms with E-state index in [9.17, 15) is 0 Å². The van der Waals surface area contributed by atoms with Gasteiger partial charge in [0, 0.05) is 6.54 Å². The Morgan fingerprint density at radius 1 is 1.17 bits per heavy atom. The summed E-state index contributed by atoms with van der Waals surface area (Å²) >= 11 is 0. The molecule has 1 heteroatoms. The SMILES string of the molecule is CC(C)CNCC1(CCCc2ccccc2)CC1. The Bertz CT molecular complexity index is 338. The number of nitrogens with one attached hydrogen (secondary N) is 1. The molecule has 1 nitrogen and oxygen atoms in total. The van der Waals surface area contributed by atoms with Gasteiger partial charge in [0.1, 0.15) is 0 Å². The van der Waals surface area contributed by atoms with Crippen LogP contribution in [0.2, 0.25) is 0 Å². The number of hydrogen-bond acceptors (Lipinski definition) is 1. The topological polar surface area (TPSA) is 12.0 Å². The molecule has 0 bridgehead atoms. The van der Waals surface area contributed by atoms with Gasteiger partial charge in [0.15, 0.2) is 0 Å². The van der Waals surface area contributed by atoms with E-state index in [0.29, 0.717) is 5.41 Å². The van der Waals surface area contributed by atoms with Gasteiger partial charge in [-0.3, -0.25) is 0 Å². The lowest BCUT2D eigenvalue weighted by Gasteiger charge is -2.17. The average Bonchev–Trinajstić information content (AvgIpc) is 3.10. The predicted octanol–water partition coefficient (Wildman–Crippen LogP) is 4.04. The zero-order valence-corrected chi connectivity index (χ0v) is 11.9. The maximum atomic E-state index is 3.64. The van der Waals surface area contributed by atoms with Gasteiger partial charge in [-0.15, -0.1) is 0 Å². The van der Waals surface area contributed by atoms with E-state index in [1.807, 2.05) is 0 Å². The Morgan fingerprint density at radius 2 is 1.89 bits per heavy atom. The van der Waals surface area contributed by atoms with Crippen molar-refractivity contribution in [2.24, 2.45) is 11.3 Å². The normalized spacial score (nSPS) is 17.1. The van der Waals surface area contributed by atoms with Gasteiger partial charge in [-0.25, -0.2) is 0 Å². The van der Waals surface area contributed by atoms with Gasteiger partial charge in [0.25, 0.3) is 0 Å². The third-order valence-electron chi connectivity index (χ3n) is 4.03. The van der Waals surface area contributed by atoms with E-state index >= 15 is 0 Å². The van der Waals surface area contributed by atoms with Crippen molar-refractivity contribution in [3.8, 4) is 0 Å². The monoisotopic (exact) mass is 245 g/mol. The summed E-state index contributed by atoms with van der Waals surface area (Å²) in [4.78, 5) is 0. The molecule has 0 radical (unpaired) electrons. The van der Waals surface area contributed by atoms with Crippen LogP contribution in [0.4, 0.5) is 0 Å². The van der Waals surface area contributed by atoms with Gasteiger partial charge >= 0.3 is 0 Å². The van der Waals surface area contributed by atoms with Gasteiger partial charge in [-0.2, -0.15) is 0 Å². The highest BCUT2D eigenvalue weighted by molar-refractivity contribution is 5.14. The van der Waals surface area contributed by atoms with Crippen LogP contribution in [0.15, 0.2) is 30.3 Å². The summed E-state index contributed by atoms with van der Waals surface area (Å²) in [7, 11) is 0. The molecule has 1 fully saturated rings. The summed E-state index contributed by atoms with van der Waals surface area (Å²) in [5.41, 5.74) is 2.15. The third kappa shape index (κ3) is 4.45. The van der Waals surface area contributed by atoms with Crippen molar-refractivity contribution in [1.82, 2.24) is 5.32 Å². The van der Waals surface area contributed by atoms with Crippen molar-refractivity contribution >= 4 is 0 Å². The summed E-state index contributed by atoms with van der Waals surface area (Å²) in [6.07, 6.45) is 6.85. The zero-order chi connectivity index (χ0) is 12.8. The van der Waals surface area contributed by atoms with E-state index in [1.54, 1.807) is 0 Å². The van der Waals surface area contributed by atoms with Gasteiger partial charge in [0.05, 0.1) is 0 Å². The first-order valence-corrected chi connectivity index (χ1v) is 7.45. The zero-order valence-electron chi connectivity index (χ0n) is 11.9. The number of hydrogen-bond donors (Lipinski definition) is 1. The molecule has 0 spiro atoms. The van der Waals surface area contributed by atoms with Crippen LogP contribution in [-0.4, -0.2) is 13.1 Å². The molecule has 1 aliphatic rings. The molecule has 1 aliphatic carbocycles. The van der Waals surface area contributed by atoms with Gasteiger partial charge < -0.3 is 5.32 Å². The van der Waals surface area contributed by atoms with E-state index in [4.69, 9.17) is 0 Å². The quantitative estimate of drug-likeness (QED) is 0.729. The van der Waals surface area contributed by atoms with Crippen LogP contribution >= 0.6 is 0 Å². The maximum absolute atomic E-state index is 3.64. The molecule has 0 aromatic heterocycles. The van der Waals surface area contributed by atoms with Gasteiger partial charge in [-0.1, -0.05) is 44.2 Å². The molecule has 18 heavy (non-hydrogen) atoms. The second-order valence-corrected chi connectivity index (χ2v) is 6.36. The molecule has 0 unspecified atom stereocenters. The fourth-order valence-electron chi connectivity index (χ4n) is 2.63. The minimum absolute atomic E-state index is 0.656. The molecule has 1 saturated carbocycles. The van der Waals surface area contributed by atoms with Crippen LogP contribution < -0.4 is 5.32 Å². The third-order valence-corrected chi connectivity index (χ3v) is 4.03. The lowest BCUT2D eigenvalue weighted by Crippen LogP contribution is -2.27. The number of aryl methyl sites for hydroxylation is 1. The maximum Gasteiger partial charge on any atom is 0.000793 e. The second-order valence-electron chi connectivity index (χ2n) is 6.36. The number of rotatable bonds is 8. The lowest BCUT2D eigenvalue weighted by atomic mass is 9.96. The van der Waals surface area contributed by atoms with Crippen LogP contribution in [0, 0.1) is 11.3 Å². The lowest BCUT2D eigenvalue weighted by molar-refractivity contribution is 0.399. The summed E-state index contributed by atoms with van der Waals surface area (Å²) in [5, 5.41) is 3.64. The molecular formula is C17H27N. The summed E-state index contributed by atoms with van der Waals surface area (Å²) in [6.45, 7) is 6.96. The highest BCUT2D eigenvalue weighted by Crippen LogP contribution is 2.49. The largest absolute Gasteiger partial charge is 0.316 e. The standard InChI is InChI=1S/C17H27N/c1-15(2)13-18-14-17(11-12-17)10-6-9-16-7-4-3-5-8-16/h3-5,7-8,15,18H,6,9-14H2,1-2H3. The Kier molecular flexibility index (Phi) is 4.82. The van der Waals surface area contributed by atoms with Crippen molar-refractivity contribution in [1.29, 1.82) is 0 Å². The first-order valence-electron chi connectivity index (χ1n) is 7.45. The van der Waals surface area contributed by atoms with E-state index in [1.165, 1.54) is 50.8 Å². The minimum Gasteiger partial charge on any atom is -0.316 e. The molecular weight excluding hydrogens is 218 g/mol. The highest BCUT2D eigenvalue weighted by atomic mass is 14.9. The first-order chi connectivity index (χ1) is 8.70. The fourth-order valence-corrected chi connectivity index (χ4v) is 2.63. The minimum atomic E-state index is 0.656. The molecule has 1 aromatic rings. The van der Waals surface area contributed by atoms with Crippen molar-refractivity contribution < 1.29 is 0 Å². The average molecular weight is 245 g/mol. The second kappa shape index (κ2) is 6.38. The molecule has 1 N–H and O–H groups in total. The molecule has 0 amide bonds.